The summed E-state index contributed by atoms with van der Waals surface area (Å²) < 4.78 is 10.8. The normalized spacial score (nSPS) is 10.9. The summed E-state index contributed by atoms with van der Waals surface area (Å²) in [4.78, 5) is 13.6. The van der Waals surface area contributed by atoms with Crippen molar-refractivity contribution in [1.29, 1.82) is 0 Å². The quantitative estimate of drug-likeness (QED) is 0.448. The highest BCUT2D eigenvalue weighted by Crippen LogP contribution is 1.95. The molecular weight excluding hydrogens is 232 g/mol. The Bertz CT molecular complexity index is 202. The molecule has 0 saturated carbocycles. The van der Waals surface area contributed by atoms with E-state index in [4.69, 9.17) is 9.47 Å². The van der Waals surface area contributed by atoms with E-state index >= 15 is 0 Å². The van der Waals surface area contributed by atoms with Crippen LogP contribution in [0, 0.1) is 0 Å². The lowest BCUT2D eigenvalue weighted by Crippen LogP contribution is -2.36. The minimum atomic E-state index is -0.219. The summed E-state index contributed by atoms with van der Waals surface area (Å²) in [5, 5.41) is 3.19. The van der Waals surface area contributed by atoms with Gasteiger partial charge < -0.3 is 19.7 Å². The second-order valence-corrected chi connectivity index (χ2v) is 3.86. The van der Waals surface area contributed by atoms with E-state index in [-0.39, 0.29) is 12.2 Å². The average Bonchev–Trinajstić information content (AvgIpc) is 2.36. The first kappa shape index (κ1) is 17.4. The molecule has 1 amide bonds. The molecule has 0 aliphatic carbocycles. The topological polar surface area (TPSA) is 50.8 Å². The van der Waals surface area contributed by atoms with Crippen molar-refractivity contribution in [2.24, 2.45) is 0 Å². The van der Waals surface area contributed by atoms with Gasteiger partial charge in [0.1, 0.15) is 0 Å². The van der Waals surface area contributed by atoms with Gasteiger partial charge in [0.05, 0.1) is 0 Å². The first-order chi connectivity index (χ1) is 8.69. The van der Waals surface area contributed by atoms with E-state index in [0.717, 1.165) is 13.1 Å². The van der Waals surface area contributed by atoms with E-state index < -0.39 is 0 Å². The third-order valence-electron chi connectivity index (χ3n) is 2.65. The van der Waals surface area contributed by atoms with Gasteiger partial charge in [0.2, 0.25) is 5.91 Å². The van der Waals surface area contributed by atoms with E-state index in [1.807, 2.05) is 32.6 Å². The maximum absolute atomic E-state index is 11.7. The highest BCUT2D eigenvalue weighted by molar-refractivity contribution is 5.76. The van der Waals surface area contributed by atoms with Crippen molar-refractivity contribution in [2.75, 3.05) is 39.4 Å². The van der Waals surface area contributed by atoms with Crippen LogP contribution in [0.3, 0.4) is 0 Å². The van der Waals surface area contributed by atoms with Crippen molar-refractivity contribution in [1.82, 2.24) is 10.2 Å². The Morgan fingerprint density at radius 2 is 1.67 bits per heavy atom. The Hall–Kier alpha value is -0.650. The molecule has 0 aliphatic heterocycles. The Balaban J connectivity index is 3.72. The highest BCUT2D eigenvalue weighted by Gasteiger charge is 2.10. The number of hydrogen-bond acceptors (Lipinski definition) is 4. The van der Waals surface area contributed by atoms with Crippen molar-refractivity contribution in [3.05, 3.63) is 0 Å². The van der Waals surface area contributed by atoms with E-state index in [2.05, 4.69) is 5.32 Å². The molecule has 0 heterocycles. The Morgan fingerprint density at radius 1 is 1.11 bits per heavy atom. The predicted octanol–water partition coefficient (Wildman–Crippen LogP) is 1.23. The number of carbonyl (C=O) groups is 1. The molecule has 0 unspecified atom stereocenters. The van der Waals surface area contributed by atoms with Gasteiger partial charge in [-0.2, -0.15) is 0 Å². The molecule has 0 rings (SSSR count). The van der Waals surface area contributed by atoms with Crippen LogP contribution in [0.4, 0.5) is 0 Å². The van der Waals surface area contributed by atoms with Crippen molar-refractivity contribution in [3.63, 3.8) is 0 Å². The maximum Gasteiger partial charge on any atom is 0.223 e. The van der Waals surface area contributed by atoms with Gasteiger partial charge in [-0.05, 0) is 27.7 Å². The average molecular weight is 260 g/mol. The van der Waals surface area contributed by atoms with Crippen LogP contribution >= 0.6 is 0 Å². The van der Waals surface area contributed by atoms with Gasteiger partial charge in [0.15, 0.2) is 6.29 Å². The molecule has 0 bridgehead atoms. The molecule has 0 spiro atoms. The number of ether oxygens (including phenoxy) is 2. The van der Waals surface area contributed by atoms with Gasteiger partial charge in [0.25, 0.3) is 0 Å². The smallest absolute Gasteiger partial charge is 0.223 e. The van der Waals surface area contributed by atoms with E-state index in [1.165, 1.54) is 0 Å². The lowest BCUT2D eigenvalue weighted by molar-refractivity contribution is -0.135. The number of hydrogen-bond donors (Lipinski definition) is 1. The number of nitrogens with zero attached hydrogens (tertiary/aromatic N) is 1. The summed E-state index contributed by atoms with van der Waals surface area (Å²) in [5.74, 6) is 0.192. The van der Waals surface area contributed by atoms with Gasteiger partial charge >= 0.3 is 0 Å². The van der Waals surface area contributed by atoms with Gasteiger partial charge in [-0.25, -0.2) is 0 Å². The number of carbonyl (C=O) groups excluding carboxylic acids is 1. The largest absolute Gasteiger partial charge is 0.352 e. The zero-order chi connectivity index (χ0) is 13.8. The van der Waals surface area contributed by atoms with E-state index in [1.54, 1.807) is 0 Å². The van der Waals surface area contributed by atoms with Crippen molar-refractivity contribution in [3.8, 4) is 0 Å². The number of rotatable bonds is 11. The van der Waals surface area contributed by atoms with Crippen LogP contribution in [0.5, 0.6) is 0 Å². The van der Waals surface area contributed by atoms with Crippen LogP contribution in [0.2, 0.25) is 0 Å². The fraction of sp³-hybridized carbons (Fsp3) is 0.923. The first-order valence-electron chi connectivity index (χ1n) is 6.91. The zero-order valence-corrected chi connectivity index (χ0v) is 12.2. The number of amides is 1. The molecule has 5 heteroatoms. The fourth-order valence-electron chi connectivity index (χ4n) is 1.69. The molecule has 18 heavy (non-hydrogen) atoms. The molecule has 0 aliphatic rings. The van der Waals surface area contributed by atoms with Crippen LogP contribution in [0.1, 0.15) is 34.1 Å². The third kappa shape index (κ3) is 7.63. The lowest BCUT2D eigenvalue weighted by Gasteiger charge is -2.20. The molecular formula is C13H28N2O3. The zero-order valence-electron chi connectivity index (χ0n) is 12.2. The first-order valence-corrected chi connectivity index (χ1v) is 6.91. The van der Waals surface area contributed by atoms with Gasteiger partial charge in [-0.1, -0.05) is 0 Å². The van der Waals surface area contributed by atoms with Crippen LogP contribution in [0.15, 0.2) is 0 Å². The second kappa shape index (κ2) is 11.4. The molecule has 108 valence electrons. The summed E-state index contributed by atoms with van der Waals surface area (Å²) in [7, 11) is 0. The Kier molecular flexibility index (Phi) is 11.0. The predicted molar refractivity (Wildman–Crippen MR) is 72.5 cm³/mol. The molecule has 0 aromatic heterocycles. The number of nitrogens with one attached hydrogen (secondary N) is 1. The fourth-order valence-corrected chi connectivity index (χ4v) is 1.69. The minimum Gasteiger partial charge on any atom is -0.352 e. The lowest BCUT2D eigenvalue weighted by atomic mass is 10.3. The summed E-state index contributed by atoms with van der Waals surface area (Å²) in [6.45, 7) is 12.0. The van der Waals surface area contributed by atoms with Crippen LogP contribution in [-0.2, 0) is 14.3 Å². The van der Waals surface area contributed by atoms with Gasteiger partial charge in [-0.3, -0.25) is 4.79 Å². The van der Waals surface area contributed by atoms with Crippen LogP contribution in [-0.4, -0.2) is 56.5 Å². The molecule has 0 radical (unpaired) electrons. The Morgan fingerprint density at radius 3 is 2.11 bits per heavy atom. The third-order valence-corrected chi connectivity index (χ3v) is 2.65. The molecule has 0 fully saturated rings. The molecule has 0 saturated heterocycles. The summed E-state index contributed by atoms with van der Waals surface area (Å²) in [5.41, 5.74) is 0. The van der Waals surface area contributed by atoms with Crippen LogP contribution in [0.25, 0.3) is 0 Å². The van der Waals surface area contributed by atoms with Gasteiger partial charge in [0, 0.05) is 45.8 Å². The van der Waals surface area contributed by atoms with Gasteiger partial charge in [-0.15, -0.1) is 0 Å². The van der Waals surface area contributed by atoms with Crippen molar-refractivity contribution < 1.29 is 14.3 Å². The molecule has 5 nitrogen and oxygen atoms in total. The highest BCUT2D eigenvalue weighted by atomic mass is 16.7. The standard InChI is InChI=1S/C13H28N2O3/c1-5-15(6-2)12(16)9-10-14-11-13(17-7-3)18-8-4/h13-14H,5-11H2,1-4H3. The molecule has 1 N–H and O–H groups in total. The maximum atomic E-state index is 11.7. The molecule has 0 atom stereocenters. The van der Waals surface area contributed by atoms with E-state index in [9.17, 15) is 4.79 Å². The molecule has 0 aromatic carbocycles. The SMILES string of the molecule is CCOC(CNCCC(=O)N(CC)CC)OCC. The minimum absolute atomic E-state index is 0.192. The van der Waals surface area contributed by atoms with Crippen molar-refractivity contribution in [2.45, 2.75) is 40.4 Å². The summed E-state index contributed by atoms with van der Waals surface area (Å²) in [6, 6.07) is 0. The second-order valence-electron chi connectivity index (χ2n) is 3.86. The Labute approximate surface area is 111 Å². The van der Waals surface area contributed by atoms with Crippen molar-refractivity contribution >= 4 is 5.91 Å². The van der Waals surface area contributed by atoms with E-state index in [0.29, 0.717) is 32.7 Å². The molecule has 0 aromatic rings. The summed E-state index contributed by atoms with van der Waals surface area (Å²) >= 11 is 0. The monoisotopic (exact) mass is 260 g/mol. The summed E-state index contributed by atoms with van der Waals surface area (Å²) in [6.07, 6.45) is 0.302. The van der Waals surface area contributed by atoms with Crippen LogP contribution < -0.4 is 5.32 Å².